The number of tetrazole rings is 1. The fourth-order valence-electron chi connectivity index (χ4n) is 3.59. The Balaban J connectivity index is 1.47. The highest BCUT2D eigenvalue weighted by Crippen LogP contribution is 2.32. The summed E-state index contributed by atoms with van der Waals surface area (Å²) in [7, 11) is 1.17. The molecular formula is C25H25N11O3. The van der Waals surface area contributed by atoms with E-state index in [1.54, 1.807) is 0 Å². The fraction of sp³-hybridized carbons (Fsp3) is 0.280. The van der Waals surface area contributed by atoms with Gasteiger partial charge in [0.15, 0.2) is 5.82 Å². The summed E-state index contributed by atoms with van der Waals surface area (Å²) >= 11 is 0. The number of hydrogen-bond donors (Lipinski definition) is 1. The van der Waals surface area contributed by atoms with Crippen molar-refractivity contribution in [3.63, 3.8) is 0 Å². The number of methoxy groups -OCH3 is 1. The topological polar surface area (TPSA) is 153 Å². The number of piperazine rings is 1. The van der Waals surface area contributed by atoms with Gasteiger partial charge in [0.2, 0.25) is 5.95 Å². The van der Waals surface area contributed by atoms with E-state index < -0.39 is 96.6 Å². The number of hydrogen-bond acceptors (Lipinski definition) is 10. The number of fused-ring (bicyclic) bond motifs is 1. The summed E-state index contributed by atoms with van der Waals surface area (Å²) in [4.78, 5) is 37.9. The molecule has 198 valence electrons. The van der Waals surface area contributed by atoms with Crippen LogP contribution in [-0.2, 0) is 4.79 Å². The summed E-state index contributed by atoms with van der Waals surface area (Å²) in [6, 6.07) is -2.61. The van der Waals surface area contributed by atoms with E-state index in [1.165, 1.54) is 14.0 Å². The lowest BCUT2D eigenvalue weighted by molar-refractivity contribution is -0.126. The highest BCUT2D eigenvalue weighted by Gasteiger charge is 2.31. The first-order chi connectivity index (χ1) is 24.8. The van der Waals surface area contributed by atoms with Crippen LogP contribution in [0.1, 0.15) is 42.3 Å². The van der Waals surface area contributed by atoms with Crippen molar-refractivity contribution in [2.75, 3.05) is 38.0 Å². The van der Waals surface area contributed by atoms with Crippen LogP contribution < -0.4 is 9.64 Å². The summed E-state index contributed by atoms with van der Waals surface area (Å²) < 4.78 is 133. The largest absolute Gasteiger partial charge is 0.494 e. The van der Waals surface area contributed by atoms with E-state index in [2.05, 4.69) is 35.6 Å². The van der Waals surface area contributed by atoms with Crippen molar-refractivity contribution in [1.29, 1.82) is 0 Å². The molecule has 1 aliphatic rings. The van der Waals surface area contributed by atoms with Crippen LogP contribution in [0.3, 0.4) is 0 Å². The number of pyridine rings is 1. The molecule has 0 spiro atoms. The summed E-state index contributed by atoms with van der Waals surface area (Å²) in [5.74, 6) is -5.67. The Kier molecular flexibility index (Phi) is 3.11. The van der Waals surface area contributed by atoms with Gasteiger partial charge in [0.1, 0.15) is 17.9 Å². The Bertz CT molecular complexity index is 2310. The minimum Gasteiger partial charge on any atom is -0.494 e. The monoisotopic (exact) mass is 542 g/mol. The van der Waals surface area contributed by atoms with E-state index >= 15 is 0 Å². The first kappa shape index (κ1) is 12.6. The number of ketones is 1. The van der Waals surface area contributed by atoms with Crippen LogP contribution in [0.15, 0.2) is 42.9 Å². The molecule has 0 unspecified atom stereocenters. The zero-order valence-corrected chi connectivity index (χ0v) is 19.9. The van der Waals surface area contributed by atoms with Crippen LogP contribution >= 0.6 is 0 Å². The van der Waals surface area contributed by atoms with Crippen molar-refractivity contribution < 1.29 is 34.9 Å². The molecule has 1 N–H and O–H groups in total. The SMILES string of the molecule is [2H]c1c([2H])c(-n2nnnc2N2C([2H])([2H])C([2H])([2H])N(C(=O)C(=O)c3c[nH]c4c(-n5cnc(C([2H])([2H])[2H])n5)ncc(OC)c34)C([2H])([2H])C2([2H])[2H])c([2H])c([2H])c1C. The molecule has 1 saturated heterocycles. The number of aromatic amines is 1. The van der Waals surface area contributed by atoms with Crippen molar-refractivity contribution >= 4 is 28.5 Å². The summed E-state index contributed by atoms with van der Waals surface area (Å²) in [6.07, 6.45) is 3.03. The number of nitrogens with zero attached hydrogens (tertiary/aromatic N) is 10. The van der Waals surface area contributed by atoms with Gasteiger partial charge in [0, 0.05) is 36.3 Å². The summed E-state index contributed by atoms with van der Waals surface area (Å²) in [5.41, 5.74) is -1.46. The number of carbonyl (C=O) groups excluding carboxylic acids is 2. The Morgan fingerprint density at radius 2 is 1.95 bits per heavy atom. The number of ether oxygens (including phenoxy) is 1. The molecule has 1 amide bonds. The Hall–Kier alpha value is -5.14. The number of rotatable bonds is 6. The number of amides is 1. The van der Waals surface area contributed by atoms with Crippen molar-refractivity contribution in [2.24, 2.45) is 0 Å². The standard InChI is InChI=1S/C25H25N11O3/c1-15-4-6-17(7-5-15)36-25(29-31-32-36)34-10-8-33(9-11-34)24(38)22(37)18-12-26-21-20(18)19(39-3)13-27-23(21)35-14-28-16(2)30-35/h4-7,12-14,26H,8-11H2,1-3H3/i2D3,4D,5D,6D,7D,8D2,9D2,10D2,11D2. The van der Waals surface area contributed by atoms with Gasteiger partial charge in [-0.15, -0.1) is 0 Å². The van der Waals surface area contributed by atoms with Gasteiger partial charge in [0.25, 0.3) is 11.7 Å². The Morgan fingerprint density at radius 3 is 2.67 bits per heavy atom. The lowest BCUT2D eigenvalue weighted by atomic mass is 10.1. The Labute approximate surface area is 243 Å². The number of H-pyrrole nitrogens is 1. The van der Waals surface area contributed by atoms with E-state index in [0.29, 0.717) is 4.68 Å². The van der Waals surface area contributed by atoms with Crippen LogP contribution in [0.2, 0.25) is 0 Å². The molecule has 0 bridgehead atoms. The second-order valence-corrected chi connectivity index (χ2v) is 7.73. The summed E-state index contributed by atoms with van der Waals surface area (Å²) in [5, 5.41) is 14.1. The number of anilines is 1. The number of Topliss-reactive ketones (excluding diaryl/α,β-unsaturated/α-hetero) is 1. The van der Waals surface area contributed by atoms with Crippen molar-refractivity contribution in [3.8, 4) is 17.3 Å². The molecule has 5 aromatic rings. The smallest absolute Gasteiger partial charge is 0.295 e. The zero-order chi connectivity index (χ0) is 40.2. The predicted octanol–water partition coefficient (Wildman–Crippen LogP) is 1.28. The quantitative estimate of drug-likeness (QED) is 0.245. The van der Waals surface area contributed by atoms with Crippen molar-refractivity contribution in [3.05, 3.63) is 59.8 Å². The molecule has 14 heteroatoms. The molecule has 0 aliphatic carbocycles. The molecule has 14 nitrogen and oxygen atoms in total. The van der Waals surface area contributed by atoms with Crippen LogP contribution in [0, 0.1) is 13.8 Å². The van der Waals surface area contributed by atoms with Crippen LogP contribution in [0.5, 0.6) is 5.75 Å². The van der Waals surface area contributed by atoms with Crippen LogP contribution in [0.4, 0.5) is 5.95 Å². The third-order valence-corrected chi connectivity index (χ3v) is 5.37. The van der Waals surface area contributed by atoms with Gasteiger partial charge in [-0.25, -0.2) is 14.6 Å². The molecule has 5 heterocycles. The van der Waals surface area contributed by atoms with Gasteiger partial charge >= 0.3 is 0 Å². The minimum absolute atomic E-state index is 0.0777. The molecule has 0 atom stereocenters. The number of aryl methyl sites for hydroxylation is 1. The molecule has 39 heavy (non-hydrogen) atoms. The molecule has 6 rings (SSSR count). The van der Waals surface area contributed by atoms with E-state index in [4.69, 9.17) is 25.3 Å². The van der Waals surface area contributed by atoms with Crippen LogP contribution in [0.25, 0.3) is 22.4 Å². The highest BCUT2D eigenvalue weighted by molar-refractivity contribution is 6.45. The van der Waals surface area contributed by atoms with E-state index in [-0.39, 0.29) is 32.9 Å². The lowest BCUT2D eigenvalue weighted by Gasteiger charge is -2.34. The molecule has 1 aromatic carbocycles. The maximum absolute atomic E-state index is 14.0. The Morgan fingerprint density at radius 1 is 1.15 bits per heavy atom. The van der Waals surface area contributed by atoms with Crippen molar-refractivity contribution in [2.45, 2.75) is 13.8 Å². The first-order valence-corrected chi connectivity index (χ1v) is 10.9. The van der Waals surface area contributed by atoms with E-state index in [0.717, 1.165) is 23.4 Å². The highest BCUT2D eigenvalue weighted by atomic mass is 16.5. The molecule has 0 saturated carbocycles. The maximum Gasteiger partial charge on any atom is 0.295 e. The number of nitrogens with one attached hydrogen (secondary N) is 1. The van der Waals surface area contributed by atoms with Gasteiger partial charge in [-0.05, 0) is 36.3 Å². The third-order valence-electron chi connectivity index (χ3n) is 5.37. The average Bonchev–Trinajstić information content (AvgIpc) is 3.86. The van der Waals surface area contributed by atoms with Gasteiger partial charge in [-0.1, -0.05) is 22.7 Å². The minimum atomic E-state index is -3.94. The molecular weight excluding hydrogens is 502 g/mol. The maximum atomic E-state index is 14.0. The molecule has 1 fully saturated rings. The molecule has 4 aromatic heterocycles. The van der Waals surface area contributed by atoms with Gasteiger partial charge in [0.05, 0.1) is 51.9 Å². The van der Waals surface area contributed by atoms with E-state index in [1.807, 2.05) is 0 Å². The second kappa shape index (κ2) is 9.63. The fourth-order valence-corrected chi connectivity index (χ4v) is 3.59. The molecule has 1 aliphatic heterocycles. The van der Waals surface area contributed by atoms with Gasteiger partial charge in [-0.3, -0.25) is 9.59 Å². The first-order valence-electron chi connectivity index (χ1n) is 18.4. The number of carbonyl (C=O) groups is 2. The summed E-state index contributed by atoms with van der Waals surface area (Å²) in [6.45, 7) is -17.0. The van der Waals surface area contributed by atoms with Gasteiger partial charge in [-0.2, -0.15) is 9.78 Å². The second-order valence-electron chi connectivity index (χ2n) is 7.73. The third kappa shape index (κ3) is 4.24. The normalized spacial score (nSPS) is 24.8. The average molecular weight is 543 g/mol. The lowest BCUT2D eigenvalue weighted by Crippen LogP contribution is -2.51. The van der Waals surface area contributed by atoms with Crippen LogP contribution in [-0.4, -0.2) is 94.6 Å². The van der Waals surface area contributed by atoms with E-state index in [9.17, 15) is 9.59 Å². The predicted molar refractivity (Wildman–Crippen MR) is 139 cm³/mol. The van der Waals surface area contributed by atoms with Crippen molar-refractivity contribution in [1.82, 2.24) is 49.8 Å². The number of benzene rings is 1. The van der Waals surface area contributed by atoms with Gasteiger partial charge < -0.3 is 19.5 Å². The zero-order valence-electron chi connectivity index (χ0n) is 34.9. The molecule has 0 radical (unpaired) electrons. The number of aromatic nitrogens is 9.